The first kappa shape index (κ1) is 11.2. The fourth-order valence-corrected chi connectivity index (χ4v) is 1.11. The number of ether oxygens (including phenoxy) is 1. The second kappa shape index (κ2) is 5.80. The van der Waals surface area contributed by atoms with E-state index in [0.717, 1.165) is 11.8 Å². The highest BCUT2D eigenvalue weighted by Crippen LogP contribution is 2.09. The molecular formula is C11H13NO3. The molecule has 0 radical (unpaired) electrons. The lowest BCUT2D eigenvalue weighted by molar-refractivity contribution is -0.107. The van der Waals surface area contributed by atoms with Crippen LogP contribution in [-0.4, -0.2) is 19.0 Å². The number of anilines is 1. The third kappa shape index (κ3) is 3.81. The highest BCUT2D eigenvalue weighted by molar-refractivity contribution is 5.84. The maximum Gasteiger partial charge on any atom is 0.411 e. The van der Waals surface area contributed by atoms with Gasteiger partial charge >= 0.3 is 6.09 Å². The fraction of sp³-hybridized carbons (Fsp3) is 0.273. The maximum absolute atomic E-state index is 11.0. The molecule has 0 aliphatic carbocycles. The number of benzene rings is 1. The van der Waals surface area contributed by atoms with Crippen LogP contribution in [0.15, 0.2) is 24.3 Å². The monoisotopic (exact) mass is 207 g/mol. The fourth-order valence-electron chi connectivity index (χ4n) is 1.11. The van der Waals surface area contributed by atoms with Crippen LogP contribution in [0.25, 0.3) is 0 Å². The van der Waals surface area contributed by atoms with E-state index in [9.17, 15) is 9.59 Å². The molecule has 1 aromatic rings. The largest absolute Gasteiger partial charge is 0.450 e. The van der Waals surface area contributed by atoms with E-state index in [-0.39, 0.29) is 0 Å². The van der Waals surface area contributed by atoms with Crippen molar-refractivity contribution < 1.29 is 14.3 Å². The van der Waals surface area contributed by atoms with Crippen molar-refractivity contribution in [1.29, 1.82) is 0 Å². The van der Waals surface area contributed by atoms with Gasteiger partial charge in [0, 0.05) is 12.1 Å². The van der Waals surface area contributed by atoms with Crippen LogP contribution in [0, 0.1) is 0 Å². The van der Waals surface area contributed by atoms with Gasteiger partial charge in [-0.2, -0.15) is 0 Å². The Morgan fingerprint density at radius 3 is 2.60 bits per heavy atom. The summed E-state index contributed by atoms with van der Waals surface area (Å²) < 4.78 is 4.72. The molecule has 0 spiro atoms. The Morgan fingerprint density at radius 2 is 2.07 bits per heavy atom. The van der Waals surface area contributed by atoms with Gasteiger partial charge in [0.15, 0.2) is 0 Å². The number of aldehydes is 1. The Morgan fingerprint density at radius 1 is 1.40 bits per heavy atom. The van der Waals surface area contributed by atoms with Gasteiger partial charge in [0.2, 0.25) is 0 Å². The summed E-state index contributed by atoms with van der Waals surface area (Å²) in [5.41, 5.74) is 1.57. The SMILES string of the molecule is CCOC(=O)Nc1ccc(CC=O)cc1. The van der Waals surface area contributed by atoms with E-state index in [1.807, 2.05) is 0 Å². The second-order valence-corrected chi connectivity index (χ2v) is 2.91. The van der Waals surface area contributed by atoms with Gasteiger partial charge in [-0.15, -0.1) is 0 Å². The van der Waals surface area contributed by atoms with E-state index in [1.54, 1.807) is 31.2 Å². The number of carbonyl (C=O) groups is 2. The van der Waals surface area contributed by atoms with E-state index in [0.29, 0.717) is 18.7 Å². The lowest BCUT2D eigenvalue weighted by atomic mass is 10.1. The second-order valence-electron chi connectivity index (χ2n) is 2.91. The summed E-state index contributed by atoms with van der Waals surface area (Å²) in [6.07, 6.45) is 0.758. The molecule has 0 bridgehead atoms. The van der Waals surface area contributed by atoms with Gasteiger partial charge in [0.25, 0.3) is 0 Å². The Hall–Kier alpha value is -1.84. The van der Waals surface area contributed by atoms with Crippen LogP contribution in [0.2, 0.25) is 0 Å². The van der Waals surface area contributed by atoms with E-state index in [1.165, 1.54) is 0 Å². The Bertz CT molecular complexity index is 332. The molecule has 0 heterocycles. The third-order valence-corrected chi connectivity index (χ3v) is 1.79. The summed E-state index contributed by atoms with van der Waals surface area (Å²) in [6, 6.07) is 7.04. The molecule has 0 aliphatic heterocycles. The normalized spacial score (nSPS) is 9.40. The summed E-state index contributed by atoms with van der Waals surface area (Å²) >= 11 is 0. The third-order valence-electron chi connectivity index (χ3n) is 1.79. The van der Waals surface area contributed by atoms with Gasteiger partial charge in [-0.1, -0.05) is 12.1 Å². The van der Waals surface area contributed by atoms with E-state index in [4.69, 9.17) is 4.74 Å². The molecular weight excluding hydrogens is 194 g/mol. The molecule has 1 amide bonds. The van der Waals surface area contributed by atoms with Crippen molar-refractivity contribution in [3.05, 3.63) is 29.8 Å². The zero-order chi connectivity index (χ0) is 11.1. The lowest BCUT2D eigenvalue weighted by Crippen LogP contribution is -2.13. The highest BCUT2D eigenvalue weighted by atomic mass is 16.5. The van der Waals surface area contributed by atoms with Crippen molar-refractivity contribution in [3.63, 3.8) is 0 Å². The van der Waals surface area contributed by atoms with Gasteiger partial charge in [-0.25, -0.2) is 4.79 Å². The molecule has 80 valence electrons. The molecule has 0 atom stereocenters. The van der Waals surface area contributed by atoms with Crippen LogP contribution in [0.4, 0.5) is 10.5 Å². The maximum atomic E-state index is 11.0. The van der Waals surface area contributed by atoms with E-state index in [2.05, 4.69) is 5.32 Å². The Kier molecular flexibility index (Phi) is 4.34. The topological polar surface area (TPSA) is 55.4 Å². The van der Waals surface area contributed by atoms with Crippen LogP contribution in [-0.2, 0) is 16.0 Å². The minimum absolute atomic E-state index is 0.342. The van der Waals surface area contributed by atoms with Crippen LogP contribution >= 0.6 is 0 Å². The van der Waals surface area contributed by atoms with Gasteiger partial charge in [0.1, 0.15) is 6.29 Å². The number of hydrogen-bond acceptors (Lipinski definition) is 3. The summed E-state index contributed by atoms with van der Waals surface area (Å²) in [5, 5.41) is 2.56. The summed E-state index contributed by atoms with van der Waals surface area (Å²) in [5.74, 6) is 0. The van der Waals surface area contributed by atoms with Crippen LogP contribution in [0.5, 0.6) is 0 Å². The zero-order valence-corrected chi connectivity index (χ0v) is 8.53. The summed E-state index contributed by atoms with van der Waals surface area (Å²) in [7, 11) is 0. The smallest absolute Gasteiger partial charge is 0.411 e. The quantitative estimate of drug-likeness (QED) is 0.768. The molecule has 0 aromatic heterocycles. The first-order valence-corrected chi connectivity index (χ1v) is 4.72. The van der Waals surface area contributed by atoms with Crippen LogP contribution in [0.3, 0.4) is 0 Å². The van der Waals surface area contributed by atoms with Crippen molar-refractivity contribution in [1.82, 2.24) is 0 Å². The predicted molar refractivity (Wildman–Crippen MR) is 56.9 cm³/mol. The molecule has 1 aromatic carbocycles. The Labute approximate surface area is 88.2 Å². The molecule has 1 rings (SSSR count). The van der Waals surface area contributed by atoms with Crippen molar-refractivity contribution >= 4 is 18.1 Å². The van der Waals surface area contributed by atoms with Crippen molar-refractivity contribution in [2.45, 2.75) is 13.3 Å². The first-order chi connectivity index (χ1) is 7.26. The standard InChI is InChI=1S/C11H13NO3/c1-2-15-11(14)12-10-5-3-9(4-6-10)7-8-13/h3-6,8H,2,7H2,1H3,(H,12,14). The molecule has 4 nitrogen and oxygen atoms in total. The van der Waals surface area contributed by atoms with Crippen LogP contribution in [0.1, 0.15) is 12.5 Å². The van der Waals surface area contributed by atoms with Crippen molar-refractivity contribution in [2.24, 2.45) is 0 Å². The minimum atomic E-state index is -0.472. The minimum Gasteiger partial charge on any atom is -0.450 e. The molecule has 4 heteroatoms. The molecule has 0 saturated carbocycles. The molecule has 0 saturated heterocycles. The highest BCUT2D eigenvalue weighted by Gasteiger charge is 2.00. The summed E-state index contributed by atoms with van der Waals surface area (Å²) in [4.78, 5) is 21.3. The lowest BCUT2D eigenvalue weighted by Gasteiger charge is -2.05. The van der Waals surface area contributed by atoms with Gasteiger partial charge in [0.05, 0.1) is 6.61 Å². The number of rotatable bonds is 4. The first-order valence-electron chi connectivity index (χ1n) is 4.72. The molecule has 0 unspecified atom stereocenters. The zero-order valence-electron chi connectivity index (χ0n) is 8.53. The van der Waals surface area contributed by atoms with Gasteiger partial charge in [-0.05, 0) is 24.6 Å². The number of amides is 1. The average molecular weight is 207 g/mol. The number of hydrogen-bond donors (Lipinski definition) is 1. The molecule has 15 heavy (non-hydrogen) atoms. The number of carbonyl (C=O) groups excluding carboxylic acids is 2. The van der Waals surface area contributed by atoms with E-state index >= 15 is 0 Å². The van der Waals surface area contributed by atoms with Gasteiger partial charge in [-0.3, -0.25) is 5.32 Å². The molecule has 0 fully saturated rings. The predicted octanol–water partition coefficient (Wildman–Crippen LogP) is 2.00. The number of nitrogens with one attached hydrogen (secondary N) is 1. The van der Waals surface area contributed by atoms with E-state index < -0.39 is 6.09 Å². The Balaban J connectivity index is 2.56. The van der Waals surface area contributed by atoms with Crippen molar-refractivity contribution in [2.75, 3.05) is 11.9 Å². The summed E-state index contributed by atoms with van der Waals surface area (Å²) in [6.45, 7) is 2.09. The van der Waals surface area contributed by atoms with Crippen molar-refractivity contribution in [3.8, 4) is 0 Å². The molecule has 1 N–H and O–H groups in total. The molecule has 0 aliphatic rings. The average Bonchev–Trinajstić information content (AvgIpc) is 2.22. The van der Waals surface area contributed by atoms with Gasteiger partial charge < -0.3 is 9.53 Å². The van der Waals surface area contributed by atoms with Crippen LogP contribution < -0.4 is 5.32 Å².